The van der Waals surface area contributed by atoms with Gasteiger partial charge in [0, 0.05) is 25.4 Å². The van der Waals surface area contributed by atoms with Crippen LogP contribution in [-0.4, -0.2) is 27.4 Å². The van der Waals surface area contributed by atoms with Crippen molar-refractivity contribution in [1.82, 2.24) is 14.9 Å². The molecular formula is C20H20N4O2. The predicted octanol–water partition coefficient (Wildman–Crippen LogP) is 2.40. The number of nitrogens with one attached hydrogen (secondary N) is 2. The van der Waals surface area contributed by atoms with Gasteiger partial charge >= 0.3 is 0 Å². The molecular weight excluding hydrogens is 328 g/mol. The van der Waals surface area contributed by atoms with Crippen LogP contribution in [0.2, 0.25) is 0 Å². The molecule has 0 aliphatic rings. The van der Waals surface area contributed by atoms with Crippen molar-refractivity contribution >= 4 is 17.5 Å². The molecule has 0 aliphatic heterocycles. The molecule has 3 aromatic rings. The molecule has 2 N–H and O–H groups in total. The summed E-state index contributed by atoms with van der Waals surface area (Å²) < 4.78 is 1.69. The maximum Gasteiger partial charge on any atom is 0.272 e. The van der Waals surface area contributed by atoms with Crippen LogP contribution in [0, 0.1) is 0 Å². The van der Waals surface area contributed by atoms with Crippen molar-refractivity contribution in [3.8, 4) is 0 Å². The number of hydrogen-bond acceptors (Lipinski definition) is 3. The summed E-state index contributed by atoms with van der Waals surface area (Å²) in [4.78, 5) is 29.2. The van der Waals surface area contributed by atoms with E-state index >= 15 is 0 Å². The molecule has 0 saturated carbocycles. The van der Waals surface area contributed by atoms with E-state index in [1.54, 1.807) is 36.3 Å². The van der Waals surface area contributed by atoms with Crippen LogP contribution in [0.5, 0.6) is 0 Å². The third-order valence-corrected chi connectivity index (χ3v) is 3.88. The first-order valence-corrected chi connectivity index (χ1v) is 8.30. The van der Waals surface area contributed by atoms with Crippen molar-refractivity contribution in [2.75, 3.05) is 5.32 Å². The number of carbonyl (C=O) groups excluding carboxylic acids is 2. The molecule has 0 spiro atoms. The minimum atomic E-state index is -0.716. The standard InChI is InChI=1S/C20H20N4O2/c1-24-13-18(21-14-24)20(26)23-17(12-15-8-4-2-5-9-15)19(25)22-16-10-6-3-7-11-16/h2-11,13-14,17H,12H2,1H3,(H,22,25)(H,23,26)/t17-/m0/s1. The van der Waals surface area contributed by atoms with Crippen molar-refractivity contribution < 1.29 is 9.59 Å². The molecule has 0 radical (unpaired) electrons. The van der Waals surface area contributed by atoms with Gasteiger partial charge in [0.2, 0.25) is 5.91 Å². The van der Waals surface area contributed by atoms with Gasteiger partial charge in [0.15, 0.2) is 0 Å². The lowest BCUT2D eigenvalue weighted by Gasteiger charge is -2.18. The van der Waals surface area contributed by atoms with Crippen molar-refractivity contribution in [3.05, 3.63) is 84.4 Å². The molecule has 0 unspecified atom stereocenters. The number of benzene rings is 2. The normalized spacial score (nSPS) is 11.6. The number of hydrogen-bond donors (Lipinski definition) is 2. The van der Waals surface area contributed by atoms with Crippen LogP contribution in [0.15, 0.2) is 73.2 Å². The number of imidazole rings is 1. The fraction of sp³-hybridized carbons (Fsp3) is 0.150. The summed E-state index contributed by atoms with van der Waals surface area (Å²) in [6.45, 7) is 0. The number of para-hydroxylation sites is 1. The van der Waals surface area contributed by atoms with Gasteiger partial charge in [-0.2, -0.15) is 0 Å². The van der Waals surface area contributed by atoms with E-state index in [4.69, 9.17) is 0 Å². The summed E-state index contributed by atoms with van der Waals surface area (Å²) in [7, 11) is 1.79. The molecule has 0 bridgehead atoms. The van der Waals surface area contributed by atoms with Gasteiger partial charge in [-0.15, -0.1) is 0 Å². The fourth-order valence-electron chi connectivity index (χ4n) is 2.57. The second kappa shape index (κ2) is 8.11. The summed E-state index contributed by atoms with van der Waals surface area (Å²) in [5, 5.41) is 5.63. The van der Waals surface area contributed by atoms with E-state index in [1.165, 1.54) is 0 Å². The Labute approximate surface area is 151 Å². The minimum absolute atomic E-state index is 0.274. The number of aryl methyl sites for hydroxylation is 1. The molecule has 6 heteroatoms. The third kappa shape index (κ3) is 4.57. The predicted molar refractivity (Wildman–Crippen MR) is 99.7 cm³/mol. The summed E-state index contributed by atoms with van der Waals surface area (Å²) in [6, 6.07) is 18.0. The van der Waals surface area contributed by atoms with Gasteiger partial charge in [-0.25, -0.2) is 4.98 Å². The zero-order valence-electron chi connectivity index (χ0n) is 14.4. The average molecular weight is 348 g/mol. The largest absolute Gasteiger partial charge is 0.340 e. The van der Waals surface area contributed by atoms with E-state index in [2.05, 4.69) is 15.6 Å². The Hall–Kier alpha value is -3.41. The summed E-state index contributed by atoms with van der Waals surface area (Å²) in [5.74, 6) is -0.654. The van der Waals surface area contributed by atoms with E-state index in [1.807, 2.05) is 48.5 Å². The Morgan fingerprint density at radius 2 is 1.69 bits per heavy atom. The molecule has 26 heavy (non-hydrogen) atoms. The Morgan fingerprint density at radius 3 is 2.31 bits per heavy atom. The number of aromatic nitrogens is 2. The molecule has 0 fully saturated rings. The number of nitrogens with zero attached hydrogens (tertiary/aromatic N) is 2. The van der Waals surface area contributed by atoms with E-state index < -0.39 is 6.04 Å². The number of carbonyl (C=O) groups is 2. The number of anilines is 1. The van der Waals surface area contributed by atoms with Gasteiger partial charge in [0.05, 0.1) is 6.33 Å². The first-order chi connectivity index (χ1) is 12.6. The number of amides is 2. The Morgan fingerprint density at radius 1 is 1.04 bits per heavy atom. The molecule has 1 heterocycles. The van der Waals surface area contributed by atoms with Crippen molar-refractivity contribution in [1.29, 1.82) is 0 Å². The summed E-state index contributed by atoms with van der Waals surface area (Å²) >= 11 is 0. The van der Waals surface area contributed by atoms with Crippen LogP contribution in [0.1, 0.15) is 16.1 Å². The molecule has 132 valence electrons. The Bertz CT molecular complexity index is 875. The quantitative estimate of drug-likeness (QED) is 0.718. The summed E-state index contributed by atoms with van der Waals surface area (Å²) in [5.41, 5.74) is 1.92. The molecule has 0 aliphatic carbocycles. The highest BCUT2D eigenvalue weighted by Gasteiger charge is 2.23. The van der Waals surface area contributed by atoms with Crippen LogP contribution in [0.4, 0.5) is 5.69 Å². The molecule has 2 aromatic carbocycles. The Balaban J connectivity index is 1.76. The van der Waals surface area contributed by atoms with E-state index in [9.17, 15) is 9.59 Å². The number of rotatable bonds is 6. The van der Waals surface area contributed by atoms with Gasteiger partial charge in [-0.05, 0) is 17.7 Å². The zero-order valence-corrected chi connectivity index (χ0v) is 14.4. The summed E-state index contributed by atoms with van der Waals surface area (Å²) in [6.07, 6.45) is 3.55. The van der Waals surface area contributed by atoms with Crippen LogP contribution >= 0.6 is 0 Å². The molecule has 2 amide bonds. The SMILES string of the molecule is Cn1cnc(C(=O)N[C@@H](Cc2ccccc2)C(=O)Nc2ccccc2)c1. The van der Waals surface area contributed by atoms with Crippen LogP contribution < -0.4 is 10.6 Å². The third-order valence-electron chi connectivity index (χ3n) is 3.88. The molecule has 1 atom stereocenters. The van der Waals surface area contributed by atoms with Crippen molar-refractivity contribution in [3.63, 3.8) is 0 Å². The minimum Gasteiger partial charge on any atom is -0.340 e. The second-order valence-electron chi connectivity index (χ2n) is 6.00. The highest BCUT2D eigenvalue weighted by atomic mass is 16.2. The highest BCUT2D eigenvalue weighted by Crippen LogP contribution is 2.09. The molecule has 3 rings (SSSR count). The van der Waals surface area contributed by atoms with Gasteiger partial charge in [-0.3, -0.25) is 9.59 Å². The smallest absolute Gasteiger partial charge is 0.272 e. The lowest BCUT2D eigenvalue weighted by molar-refractivity contribution is -0.118. The Kier molecular flexibility index (Phi) is 5.43. The molecule has 0 saturated heterocycles. The monoisotopic (exact) mass is 348 g/mol. The average Bonchev–Trinajstić information content (AvgIpc) is 3.09. The fourth-order valence-corrected chi connectivity index (χ4v) is 2.57. The van der Waals surface area contributed by atoms with Gasteiger partial charge in [0.1, 0.15) is 11.7 Å². The van der Waals surface area contributed by atoms with Crippen LogP contribution in [-0.2, 0) is 18.3 Å². The molecule has 6 nitrogen and oxygen atoms in total. The lowest BCUT2D eigenvalue weighted by atomic mass is 10.0. The highest BCUT2D eigenvalue weighted by molar-refractivity contribution is 6.00. The molecule has 1 aromatic heterocycles. The first kappa shape index (κ1) is 17.4. The van der Waals surface area contributed by atoms with Gasteiger partial charge in [-0.1, -0.05) is 48.5 Å². The maximum atomic E-state index is 12.7. The second-order valence-corrected chi connectivity index (χ2v) is 6.00. The topological polar surface area (TPSA) is 76.0 Å². The zero-order chi connectivity index (χ0) is 18.4. The first-order valence-electron chi connectivity index (χ1n) is 8.30. The van der Waals surface area contributed by atoms with Crippen LogP contribution in [0.25, 0.3) is 0 Å². The van der Waals surface area contributed by atoms with E-state index in [0.717, 1.165) is 5.56 Å². The lowest BCUT2D eigenvalue weighted by Crippen LogP contribution is -2.45. The van der Waals surface area contributed by atoms with Crippen LogP contribution in [0.3, 0.4) is 0 Å². The van der Waals surface area contributed by atoms with Gasteiger partial charge < -0.3 is 15.2 Å². The van der Waals surface area contributed by atoms with E-state index in [-0.39, 0.29) is 17.5 Å². The van der Waals surface area contributed by atoms with E-state index in [0.29, 0.717) is 12.1 Å². The maximum absolute atomic E-state index is 12.7. The van der Waals surface area contributed by atoms with Gasteiger partial charge in [0.25, 0.3) is 5.91 Å². The van der Waals surface area contributed by atoms with Crippen molar-refractivity contribution in [2.24, 2.45) is 7.05 Å². The van der Waals surface area contributed by atoms with Crippen molar-refractivity contribution in [2.45, 2.75) is 12.5 Å².